The molecule has 1 atom stereocenters. The minimum atomic E-state index is -0.274. The highest BCUT2D eigenvalue weighted by molar-refractivity contribution is 5.27. The monoisotopic (exact) mass is 239 g/mol. The maximum absolute atomic E-state index is 13.8. The fraction of sp³-hybridized carbons (Fsp3) is 0.571. The molecule has 0 heterocycles. The molecule has 3 heteroatoms. The van der Waals surface area contributed by atoms with Gasteiger partial charge in [-0.05, 0) is 39.2 Å². The van der Waals surface area contributed by atoms with Crippen LogP contribution < -0.4 is 5.73 Å². The van der Waals surface area contributed by atoms with Gasteiger partial charge in [0, 0.05) is 18.7 Å². The van der Waals surface area contributed by atoms with Gasteiger partial charge in [0.25, 0.3) is 0 Å². The van der Waals surface area contributed by atoms with E-state index in [-0.39, 0.29) is 17.5 Å². The quantitative estimate of drug-likeness (QED) is 0.855. The van der Waals surface area contributed by atoms with Gasteiger partial charge in [0.1, 0.15) is 5.82 Å². The third-order valence-electron chi connectivity index (χ3n) is 3.23. The van der Waals surface area contributed by atoms with Crippen LogP contribution >= 0.6 is 0 Å². The van der Waals surface area contributed by atoms with Crippen LogP contribution in [0.15, 0.2) is 18.2 Å². The Hall–Kier alpha value is -0.930. The molecule has 0 spiro atoms. The van der Waals surface area contributed by atoms with E-state index < -0.39 is 0 Å². The molecule has 0 aromatic heterocycles. The molecule has 0 aliphatic carbocycles. The van der Waals surface area contributed by atoms with E-state index in [1.54, 1.807) is 26.2 Å². The van der Waals surface area contributed by atoms with Crippen molar-refractivity contribution < 1.29 is 9.13 Å². The van der Waals surface area contributed by atoms with E-state index in [2.05, 4.69) is 0 Å². The van der Waals surface area contributed by atoms with Crippen LogP contribution in [0.4, 0.5) is 4.39 Å². The highest BCUT2D eigenvalue weighted by atomic mass is 19.1. The molecule has 0 fully saturated rings. The second kappa shape index (κ2) is 5.61. The number of halogens is 1. The third kappa shape index (κ3) is 3.79. The third-order valence-corrected chi connectivity index (χ3v) is 3.23. The number of hydrogen-bond donors (Lipinski definition) is 1. The van der Waals surface area contributed by atoms with Gasteiger partial charge in [-0.3, -0.25) is 0 Å². The maximum Gasteiger partial charge on any atom is 0.130 e. The lowest BCUT2D eigenvalue weighted by Gasteiger charge is -2.24. The van der Waals surface area contributed by atoms with E-state index in [0.717, 1.165) is 6.42 Å². The standard InChI is InChI=1S/C14H22FNO/c1-10-6-5-7-11(13(10)15)12(16)8-9-14(2,3)17-4/h5-7,12H,8-9,16H2,1-4H3. The molecule has 96 valence electrons. The molecule has 0 saturated heterocycles. The molecule has 1 aromatic carbocycles. The molecule has 2 N–H and O–H groups in total. The summed E-state index contributed by atoms with van der Waals surface area (Å²) in [5.74, 6) is -0.185. The fourth-order valence-electron chi connectivity index (χ4n) is 1.72. The first kappa shape index (κ1) is 14.1. The summed E-state index contributed by atoms with van der Waals surface area (Å²) >= 11 is 0. The number of methoxy groups -OCH3 is 1. The lowest BCUT2D eigenvalue weighted by Crippen LogP contribution is -2.25. The maximum atomic E-state index is 13.8. The molecule has 0 bridgehead atoms. The molecule has 2 nitrogen and oxygen atoms in total. The van der Waals surface area contributed by atoms with E-state index in [0.29, 0.717) is 17.5 Å². The van der Waals surface area contributed by atoms with Gasteiger partial charge >= 0.3 is 0 Å². The van der Waals surface area contributed by atoms with Gasteiger partial charge in [0.15, 0.2) is 0 Å². The van der Waals surface area contributed by atoms with Crippen LogP contribution in [-0.2, 0) is 4.74 Å². The average Bonchev–Trinajstić information content (AvgIpc) is 2.30. The topological polar surface area (TPSA) is 35.2 Å². The van der Waals surface area contributed by atoms with Gasteiger partial charge in [-0.2, -0.15) is 0 Å². The van der Waals surface area contributed by atoms with E-state index in [9.17, 15) is 4.39 Å². The predicted molar refractivity (Wildman–Crippen MR) is 68.4 cm³/mol. The molecule has 1 unspecified atom stereocenters. The summed E-state index contributed by atoms with van der Waals surface area (Å²) in [6, 6.07) is 5.08. The summed E-state index contributed by atoms with van der Waals surface area (Å²) in [5, 5.41) is 0. The van der Waals surface area contributed by atoms with Crippen molar-refractivity contribution in [1.82, 2.24) is 0 Å². The number of aryl methyl sites for hydroxylation is 1. The van der Waals surface area contributed by atoms with Crippen LogP contribution in [0.1, 0.15) is 43.9 Å². The minimum Gasteiger partial charge on any atom is -0.379 e. The highest BCUT2D eigenvalue weighted by Gasteiger charge is 2.20. The van der Waals surface area contributed by atoms with E-state index in [4.69, 9.17) is 10.5 Å². The van der Waals surface area contributed by atoms with Gasteiger partial charge in [-0.1, -0.05) is 18.2 Å². The van der Waals surface area contributed by atoms with Crippen LogP contribution in [0.2, 0.25) is 0 Å². The Kier molecular flexibility index (Phi) is 4.66. The first-order valence-electron chi connectivity index (χ1n) is 5.93. The molecule has 0 aliphatic rings. The molecule has 0 aliphatic heterocycles. The molecule has 0 radical (unpaired) electrons. The van der Waals surface area contributed by atoms with Gasteiger partial charge in [-0.25, -0.2) is 4.39 Å². The fourth-order valence-corrected chi connectivity index (χ4v) is 1.72. The van der Waals surface area contributed by atoms with Crippen molar-refractivity contribution in [3.8, 4) is 0 Å². The van der Waals surface area contributed by atoms with E-state index >= 15 is 0 Å². The van der Waals surface area contributed by atoms with Gasteiger partial charge < -0.3 is 10.5 Å². The van der Waals surface area contributed by atoms with Crippen LogP contribution in [0.25, 0.3) is 0 Å². The SMILES string of the molecule is COC(C)(C)CCC(N)c1cccc(C)c1F. The Balaban J connectivity index is 2.71. The summed E-state index contributed by atoms with van der Waals surface area (Å²) in [5.41, 5.74) is 7.06. The molecule has 0 amide bonds. The largest absolute Gasteiger partial charge is 0.379 e. The van der Waals surface area contributed by atoms with Crippen molar-refractivity contribution in [3.63, 3.8) is 0 Å². The molecule has 1 aromatic rings. The van der Waals surface area contributed by atoms with Crippen LogP contribution in [0, 0.1) is 12.7 Å². The lowest BCUT2D eigenvalue weighted by molar-refractivity contribution is 0.0124. The zero-order valence-electron chi connectivity index (χ0n) is 11.1. The molecular formula is C14H22FNO. The smallest absolute Gasteiger partial charge is 0.130 e. The minimum absolute atomic E-state index is 0.185. The first-order chi connectivity index (χ1) is 7.87. The molecule has 17 heavy (non-hydrogen) atoms. The Morgan fingerprint density at radius 2 is 2.06 bits per heavy atom. The van der Waals surface area contributed by atoms with E-state index in [1.807, 2.05) is 19.9 Å². The number of hydrogen-bond acceptors (Lipinski definition) is 2. The second-order valence-electron chi connectivity index (χ2n) is 5.09. The summed E-state index contributed by atoms with van der Waals surface area (Å²) in [4.78, 5) is 0. The predicted octanol–water partition coefficient (Wildman–Crippen LogP) is 3.34. The van der Waals surface area contributed by atoms with Gasteiger partial charge in [0.05, 0.1) is 5.60 Å². The van der Waals surface area contributed by atoms with Crippen LogP contribution in [0.3, 0.4) is 0 Å². The Morgan fingerprint density at radius 3 is 2.65 bits per heavy atom. The zero-order valence-corrected chi connectivity index (χ0v) is 11.1. The Labute approximate surface area is 103 Å². The Morgan fingerprint density at radius 1 is 1.41 bits per heavy atom. The van der Waals surface area contributed by atoms with Crippen molar-refractivity contribution in [2.24, 2.45) is 5.73 Å². The molecule has 1 rings (SSSR count). The first-order valence-corrected chi connectivity index (χ1v) is 5.93. The van der Waals surface area contributed by atoms with Crippen LogP contribution in [-0.4, -0.2) is 12.7 Å². The summed E-state index contributed by atoms with van der Waals surface area (Å²) in [6.45, 7) is 5.77. The summed E-state index contributed by atoms with van der Waals surface area (Å²) in [7, 11) is 1.68. The second-order valence-corrected chi connectivity index (χ2v) is 5.09. The summed E-state index contributed by atoms with van der Waals surface area (Å²) in [6.07, 6.45) is 1.51. The number of rotatable bonds is 5. The van der Waals surface area contributed by atoms with E-state index in [1.165, 1.54) is 0 Å². The van der Waals surface area contributed by atoms with Crippen molar-refractivity contribution in [2.45, 2.75) is 45.3 Å². The molecular weight excluding hydrogens is 217 g/mol. The number of nitrogens with two attached hydrogens (primary N) is 1. The van der Waals surface area contributed by atoms with Crippen LogP contribution in [0.5, 0.6) is 0 Å². The molecule has 0 saturated carbocycles. The van der Waals surface area contributed by atoms with Crippen molar-refractivity contribution in [1.29, 1.82) is 0 Å². The highest BCUT2D eigenvalue weighted by Crippen LogP contribution is 2.25. The van der Waals surface area contributed by atoms with Crippen molar-refractivity contribution in [2.75, 3.05) is 7.11 Å². The number of benzene rings is 1. The zero-order chi connectivity index (χ0) is 13.1. The van der Waals surface area contributed by atoms with Gasteiger partial charge in [-0.15, -0.1) is 0 Å². The normalized spacial score (nSPS) is 13.8. The Bertz CT molecular complexity index is 376. The van der Waals surface area contributed by atoms with Gasteiger partial charge in [0.2, 0.25) is 0 Å². The summed E-state index contributed by atoms with van der Waals surface area (Å²) < 4.78 is 19.2. The van der Waals surface area contributed by atoms with Crippen molar-refractivity contribution >= 4 is 0 Å². The average molecular weight is 239 g/mol. The lowest BCUT2D eigenvalue weighted by atomic mass is 9.94. The van der Waals surface area contributed by atoms with Crippen molar-refractivity contribution in [3.05, 3.63) is 35.1 Å². The number of ether oxygens (including phenoxy) is 1.